The van der Waals surface area contributed by atoms with E-state index < -0.39 is 0 Å². The maximum Gasteiger partial charge on any atom is 0.236 e. The lowest BCUT2D eigenvalue weighted by molar-refractivity contribution is -0.130. The van der Waals surface area contributed by atoms with Gasteiger partial charge < -0.3 is 4.90 Å². The third kappa shape index (κ3) is 3.46. The number of hydrogen-bond acceptors (Lipinski definition) is 3. The molecule has 0 aliphatic carbocycles. The summed E-state index contributed by atoms with van der Waals surface area (Å²) in [6.07, 6.45) is 1.55. The number of likely N-dealkylation sites (N-methyl/N-ethyl adjacent to an activating group) is 1. The van der Waals surface area contributed by atoms with Crippen LogP contribution in [-0.4, -0.2) is 54.7 Å². The Labute approximate surface area is 84.9 Å². The van der Waals surface area contributed by atoms with E-state index in [2.05, 4.69) is 4.90 Å². The Kier molecular flexibility index (Phi) is 4.07. The lowest BCUT2D eigenvalue weighted by Gasteiger charge is -2.18. The summed E-state index contributed by atoms with van der Waals surface area (Å²) in [6.45, 7) is 4.52. The second-order valence-electron chi connectivity index (χ2n) is 3.90. The molecule has 80 valence electrons. The van der Waals surface area contributed by atoms with Gasteiger partial charge in [-0.2, -0.15) is 0 Å². The van der Waals surface area contributed by atoms with Gasteiger partial charge in [0.05, 0.1) is 6.54 Å². The fraction of sp³-hybridized carbons (Fsp3) is 0.800. The molecule has 1 amide bonds. The SMILES string of the molecule is CC(=O)CCN1CCCN(C)C(=O)C1. The molecule has 0 aromatic heterocycles. The highest BCUT2D eigenvalue weighted by Crippen LogP contribution is 2.03. The van der Waals surface area contributed by atoms with E-state index in [0.29, 0.717) is 13.0 Å². The quantitative estimate of drug-likeness (QED) is 0.647. The Bertz CT molecular complexity index is 228. The van der Waals surface area contributed by atoms with Crippen molar-refractivity contribution < 1.29 is 9.59 Å². The smallest absolute Gasteiger partial charge is 0.236 e. The summed E-state index contributed by atoms with van der Waals surface area (Å²) in [5.41, 5.74) is 0. The number of ketones is 1. The molecular weight excluding hydrogens is 180 g/mol. The molecule has 1 rings (SSSR count). The molecule has 1 aliphatic rings. The largest absolute Gasteiger partial charge is 0.345 e. The molecule has 1 aliphatic heterocycles. The monoisotopic (exact) mass is 198 g/mol. The summed E-state index contributed by atoms with van der Waals surface area (Å²) < 4.78 is 0. The maximum absolute atomic E-state index is 11.5. The van der Waals surface area contributed by atoms with Crippen molar-refractivity contribution in [2.45, 2.75) is 19.8 Å². The fourth-order valence-corrected chi connectivity index (χ4v) is 1.55. The summed E-state index contributed by atoms with van der Waals surface area (Å²) in [7, 11) is 1.83. The highest BCUT2D eigenvalue weighted by molar-refractivity contribution is 5.78. The van der Waals surface area contributed by atoms with E-state index in [9.17, 15) is 9.59 Å². The molecule has 4 heteroatoms. The lowest BCUT2D eigenvalue weighted by Crippen LogP contribution is -2.35. The van der Waals surface area contributed by atoms with E-state index in [1.165, 1.54) is 0 Å². The molecule has 1 heterocycles. The number of carbonyl (C=O) groups is 2. The fourth-order valence-electron chi connectivity index (χ4n) is 1.55. The van der Waals surface area contributed by atoms with E-state index in [1.807, 2.05) is 7.05 Å². The van der Waals surface area contributed by atoms with Crippen LogP contribution in [0.3, 0.4) is 0 Å². The Morgan fingerprint density at radius 3 is 2.79 bits per heavy atom. The number of Topliss-reactive ketones (excluding diaryl/α,β-unsaturated/α-hetero) is 1. The number of amides is 1. The van der Waals surface area contributed by atoms with Crippen molar-refractivity contribution in [1.82, 2.24) is 9.80 Å². The lowest BCUT2D eigenvalue weighted by atomic mass is 10.3. The number of hydrogen-bond donors (Lipinski definition) is 0. The molecule has 0 bridgehead atoms. The molecule has 0 aromatic rings. The number of rotatable bonds is 3. The zero-order valence-corrected chi connectivity index (χ0v) is 8.95. The van der Waals surface area contributed by atoms with E-state index in [4.69, 9.17) is 0 Å². The van der Waals surface area contributed by atoms with Gasteiger partial charge >= 0.3 is 0 Å². The number of carbonyl (C=O) groups excluding carboxylic acids is 2. The molecular formula is C10H18N2O2. The van der Waals surface area contributed by atoms with Crippen LogP contribution in [0.4, 0.5) is 0 Å². The van der Waals surface area contributed by atoms with Gasteiger partial charge in [-0.1, -0.05) is 0 Å². The van der Waals surface area contributed by atoms with Crippen LogP contribution in [-0.2, 0) is 9.59 Å². The maximum atomic E-state index is 11.5. The minimum Gasteiger partial charge on any atom is -0.345 e. The van der Waals surface area contributed by atoms with Crippen LogP contribution in [0.5, 0.6) is 0 Å². The van der Waals surface area contributed by atoms with Crippen LogP contribution in [0.2, 0.25) is 0 Å². The molecule has 0 aromatic carbocycles. The molecule has 1 saturated heterocycles. The van der Waals surface area contributed by atoms with Crippen molar-refractivity contribution >= 4 is 11.7 Å². The summed E-state index contributed by atoms with van der Waals surface area (Å²) in [5.74, 6) is 0.348. The predicted molar refractivity (Wildman–Crippen MR) is 54.0 cm³/mol. The first-order valence-corrected chi connectivity index (χ1v) is 5.05. The second kappa shape index (κ2) is 5.10. The van der Waals surface area contributed by atoms with Crippen molar-refractivity contribution in [2.75, 3.05) is 33.2 Å². The van der Waals surface area contributed by atoms with E-state index in [-0.39, 0.29) is 11.7 Å². The van der Waals surface area contributed by atoms with Crippen LogP contribution >= 0.6 is 0 Å². The summed E-state index contributed by atoms with van der Waals surface area (Å²) in [4.78, 5) is 26.1. The first kappa shape index (κ1) is 11.2. The normalized spacial score (nSPS) is 19.6. The molecule has 0 atom stereocenters. The van der Waals surface area contributed by atoms with Crippen LogP contribution < -0.4 is 0 Å². The van der Waals surface area contributed by atoms with Gasteiger partial charge in [0, 0.05) is 33.1 Å². The molecule has 0 unspecified atom stereocenters. The number of nitrogens with zero attached hydrogens (tertiary/aromatic N) is 2. The summed E-state index contributed by atoms with van der Waals surface area (Å²) in [6, 6.07) is 0. The molecule has 4 nitrogen and oxygen atoms in total. The van der Waals surface area contributed by atoms with Gasteiger partial charge in [-0.25, -0.2) is 0 Å². The molecule has 0 N–H and O–H groups in total. The average molecular weight is 198 g/mol. The minimum atomic E-state index is 0.158. The van der Waals surface area contributed by atoms with Crippen molar-refractivity contribution in [3.8, 4) is 0 Å². The Morgan fingerprint density at radius 2 is 2.14 bits per heavy atom. The van der Waals surface area contributed by atoms with Gasteiger partial charge in [0.25, 0.3) is 0 Å². The van der Waals surface area contributed by atoms with Crippen LogP contribution in [0.1, 0.15) is 19.8 Å². The van der Waals surface area contributed by atoms with Gasteiger partial charge in [-0.3, -0.25) is 14.5 Å². The Balaban J connectivity index is 2.38. The molecule has 0 saturated carbocycles. The van der Waals surface area contributed by atoms with Crippen LogP contribution in [0, 0.1) is 0 Å². The van der Waals surface area contributed by atoms with Crippen molar-refractivity contribution in [3.05, 3.63) is 0 Å². The summed E-state index contributed by atoms with van der Waals surface area (Å²) in [5, 5.41) is 0. The third-order valence-corrected chi connectivity index (χ3v) is 2.53. The first-order valence-electron chi connectivity index (χ1n) is 5.05. The molecule has 0 radical (unpaired) electrons. The van der Waals surface area contributed by atoms with Gasteiger partial charge in [-0.15, -0.1) is 0 Å². The van der Waals surface area contributed by atoms with Gasteiger partial charge in [0.15, 0.2) is 0 Å². The Morgan fingerprint density at radius 1 is 1.43 bits per heavy atom. The van der Waals surface area contributed by atoms with E-state index in [0.717, 1.165) is 26.1 Å². The summed E-state index contributed by atoms with van der Waals surface area (Å²) >= 11 is 0. The standard InChI is InChI=1S/C10H18N2O2/c1-9(13)4-7-12-6-3-5-11(2)10(14)8-12/h3-8H2,1-2H3. The highest BCUT2D eigenvalue weighted by atomic mass is 16.2. The molecule has 1 fully saturated rings. The predicted octanol–water partition coefficient (Wildman–Crippen LogP) is 0.130. The van der Waals surface area contributed by atoms with Gasteiger partial charge in [0.1, 0.15) is 5.78 Å². The van der Waals surface area contributed by atoms with Gasteiger partial charge in [0.2, 0.25) is 5.91 Å². The van der Waals surface area contributed by atoms with Crippen molar-refractivity contribution in [1.29, 1.82) is 0 Å². The molecule has 0 spiro atoms. The Hall–Kier alpha value is -0.900. The zero-order chi connectivity index (χ0) is 10.6. The topological polar surface area (TPSA) is 40.6 Å². The van der Waals surface area contributed by atoms with Crippen LogP contribution in [0.15, 0.2) is 0 Å². The van der Waals surface area contributed by atoms with E-state index in [1.54, 1.807) is 11.8 Å². The molecule has 14 heavy (non-hydrogen) atoms. The zero-order valence-electron chi connectivity index (χ0n) is 8.95. The average Bonchev–Trinajstić information content (AvgIpc) is 2.26. The van der Waals surface area contributed by atoms with Crippen molar-refractivity contribution in [3.63, 3.8) is 0 Å². The van der Waals surface area contributed by atoms with E-state index >= 15 is 0 Å². The first-order chi connectivity index (χ1) is 6.59. The second-order valence-corrected chi connectivity index (χ2v) is 3.90. The van der Waals surface area contributed by atoms with Crippen molar-refractivity contribution in [2.24, 2.45) is 0 Å². The highest BCUT2D eigenvalue weighted by Gasteiger charge is 2.18. The van der Waals surface area contributed by atoms with Gasteiger partial charge in [-0.05, 0) is 13.3 Å². The minimum absolute atomic E-state index is 0.158. The third-order valence-electron chi connectivity index (χ3n) is 2.53. The van der Waals surface area contributed by atoms with Crippen LogP contribution in [0.25, 0.3) is 0 Å².